The number of carbonyl (C=O) groups excluding carboxylic acids is 3. The zero-order valence-electron chi connectivity index (χ0n) is 26.8. The van der Waals surface area contributed by atoms with Crippen molar-refractivity contribution < 1.29 is 45.8 Å². The average Bonchev–Trinajstić information content (AvgIpc) is 3.81. The van der Waals surface area contributed by atoms with Gasteiger partial charge in [-0.15, -0.1) is 12.4 Å². The number of hydrogen-bond acceptors (Lipinski definition) is 8. The molecule has 2 heterocycles. The van der Waals surface area contributed by atoms with Gasteiger partial charge in [0.1, 0.15) is 11.6 Å². The molecule has 0 unspecified atom stereocenters. The molecule has 1 saturated heterocycles. The minimum Gasteiger partial charge on any atom is -0.490 e. The molecule has 3 N–H and O–H groups in total. The van der Waals surface area contributed by atoms with Gasteiger partial charge < -0.3 is 34.7 Å². The maximum absolute atomic E-state index is 14.0. The molecule has 5 rings (SSSR count). The number of aromatic nitrogens is 1. The monoisotopic (exact) mass is 711 g/mol. The minimum absolute atomic E-state index is 0. The molecule has 3 aromatic rings. The van der Waals surface area contributed by atoms with Crippen LogP contribution in [0.3, 0.4) is 0 Å². The molecular formula is C33H38ClF4N5O6. The first-order chi connectivity index (χ1) is 23.0. The predicted octanol–water partition coefficient (Wildman–Crippen LogP) is 5.22. The van der Waals surface area contributed by atoms with Gasteiger partial charge in [-0.1, -0.05) is 6.07 Å². The van der Waals surface area contributed by atoms with E-state index in [2.05, 4.69) is 15.0 Å². The Labute approximate surface area is 286 Å². The van der Waals surface area contributed by atoms with Gasteiger partial charge in [-0.3, -0.25) is 14.4 Å². The highest BCUT2D eigenvalue weighted by molar-refractivity contribution is 5.94. The molecule has 1 aliphatic heterocycles. The quantitative estimate of drug-likeness (QED) is 0.171. The number of piperazine rings is 1. The zero-order valence-corrected chi connectivity index (χ0v) is 27.6. The summed E-state index contributed by atoms with van der Waals surface area (Å²) in [6.45, 7) is 0.334. The predicted molar refractivity (Wildman–Crippen MR) is 171 cm³/mol. The van der Waals surface area contributed by atoms with Crippen molar-refractivity contribution in [1.29, 1.82) is 0 Å². The number of oxazole rings is 1. The molecule has 0 radical (unpaired) electrons. The third kappa shape index (κ3) is 9.85. The van der Waals surface area contributed by atoms with Crippen LogP contribution in [0, 0.1) is 17.6 Å². The number of halogens is 5. The first-order valence-corrected chi connectivity index (χ1v) is 15.8. The lowest BCUT2D eigenvalue weighted by molar-refractivity contribution is -0.140. The standard InChI is InChI=1S/C33H37F4N5O6.ClH/c1-19(38)29-28(30(44)39-18-22-7-9-23(34)17-24(22)35)40-31(48-29)21-8-10-25(47-33(36)37)26(16-21)46-15-3-2-4-27(43)41-11-13-42(14-12-41)32(45)20-5-6-20;/h7-10,16-17,19-20,33H,2-6,11-15,18,38H2,1H3,(H,39,44);1H/t19-;/m0./s1. The molecular weight excluding hydrogens is 674 g/mol. The molecule has 0 bridgehead atoms. The summed E-state index contributed by atoms with van der Waals surface area (Å²) in [5.74, 6) is -2.29. The van der Waals surface area contributed by atoms with Gasteiger partial charge in [-0.05, 0) is 56.9 Å². The van der Waals surface area contributed by atoms with Gasteiger partial charge in [0.05, 0.1) is 12.6 Å². The van der Waals surface area contributed by atoms with Crippen LogP contribution in [0.15, 0.2) is 40.8 Å². The van der Waals surface area contributed by atoms with E-state index < -0.39 is 30.2 Å². The van der Waals surface area contributed by atoms with Crippen LogP contribution in [-0.2, 0) is 16.1 Å². The summed E-state index contributed by atoms with van der Waals surface area (Å²) in [5, 5.41) is 2.51. The molecule has 1 aliphatic carbocycles. The fourth-order valence-corrected chi connectivity index (χ4v) is 5.28. The van der Waals surface area contributed by atoms with Crippen molar-refractivity contribution in [2.45, 2.75) is 58.2 Å². The molecule has 1 saturated carbocycles. The van der Waals surface area contributed by atoms with Crippen molar-refractivity contribution in [1.82, 2.24) is 20.1 Å². The summed E-state index contributed by atoms with van der Waals surface area (Å²) in [5.41, 5.74) is 6.16. The van der Waals surface area contributed by atoms with Gasteiger partial charge in [0.2, 0.25) is 17.7 Å². The molecule has 16 heteroatoms. The topological polar surface area (TPSA) is 140 Å². The largest absolute Gasteiger partial charge is 0.490 e. The van der Waals surface area contributed by atoms with E-state index in [1.54, 1.807) is 11.8 Å². The van der Waals surface area contributed by atoms with Crippen molar-refractivity contribution in [2.75, 3.05) is 32.8 Å². The van der Waals surface area contributed by atoms with Crippen LogP contribution in [0.4, 0.5) is 17.6 Å². The van der Waals surface area contributed by atoms with E-state index >= 15 is 0 Å². The van der Waals surface area contributed by atoms with Crippen LogP contribution in [0.1, 0.15) is 66.9 Å². The highest BCUT2D eigenvalue weighted by Crippen LogP contribution is 2.35. The van der Waals surface area contributed by atoms with E-state index in [-0.39, 0.29) is 89.7 Å². The maximum atomic E-state index is 14.0. The lowest BCUT2D eigenvalue weighted by atomic mass is 10.2. The number of hydrogen-bond donors (Lipinski definition) is 2. The first kappa shape index (κ1) is 37.4. The van der Waals surface area contributed by atoms with Crippen LogP contribution in [-0.4, -0.2) is 71.9 Å². The van der Waals surface area contributed by atoms with E-state index in [4.69, 9.17) is 14.9 Å². The minimum atomic E-state index is -3.12. The number of amides is 3. The van der Waals surface area contributed by atoms with Crippen molar-refractivity contribution in [3.63, 3.8) is 0 Å². The highest BCUT2D eigenvalue weighted by atomic mass is 35.5. The van der Waals surface area contributed by atoms with Gasteiger partial charge in [-0.2, -0.15) is 8.78 Å². The number of unbranched alkanes of at least 4 members (excludes halogenated alkanes) is 1. The fourth-order valence-electron chi connectivity index (χ4n) is 5.28. The Morgan fingerprint density at radius 3 is 2.39 bits per heavy atom. The Morgan fingerprint density at radius 1 is 1.02 bits per heavy atom. The molecule has 0 spiro atoms. The molecule has 3 amide bonds. The molecule has 11 nitrogen and oxygen atoms in total. The molecule has 49 heavy (non-hydrogen) atoms. The number of ether oxygens (including phenoxy) is 2. The first-order valence-electron chi connectivity index (χ1n) is 15.8. The highest BCUT2D eigenvalue weighted by Gasteiger charge is 2.35. The van der Waals surface area contributed by atoms with Crippen LogP contribution in [0.5, 0.6) is 11.5 Å². The normalized spacial score (nSPS) is 15.1. The fraction of sp³-hybridized carbons (Fsp3) is 0.455. The Morgan fingerprint density at radius 2 is 1.73 bits per heavy atom. The number of carbonyl (C=O) groups is 3. The molecule has 1 atom stereocenters. The number of rotatable bonds is 14. The van der Waals surface area contributed by atoms with E-state index in [1.165, 1.54) is 24.3 Å². The summed E-state index contributed by atoms with van der Waals surface area (Å²) in [6, 6.07) is 6.22. The average molecular weight is 712 g/mol. The van der Waals surface area contributed by atoms with Gasteiger partial charge in [0, 0.05) is 62.3 Å². The second kappa shape index (κ2) is 16.8. The van der Waals surface area contributed by atoms with Gasteiger partial charge in [-0.25, -0.2) is 13.8 Å². The van der Waals surface area contributed by atoms with E-state index in [1.807, 2.05) is 4.90 Å². The Kier molecular flexibility index (Phi) is 12.9. The van der Waals surface area contributed by atoms with Gasteiger partial charge in [0.15, 0.2) is 23.0 Å². The van der Waals surface area contributed by atoms with Crippen molar-refractivity contribution in [2.24, 2.45) is 11.7 Å². The van der Waals surface area contributed by atoms with Crippen LogP contribution >= 0.6 is 12.4 Å². The van der Waals surface area contributed by atoms with Gasteiger partial charge >= 0.3 is 6.61 Å². The number of alkyl halides is 2. The molecule has 1 aromatic heterocycles. The maximum Gasteiger partial charge on any atom is 0.387 e. The van der Waals surface area contributed by atoms with E-state index in [9.17, 15) is 31.9 Å². The van der Waals surface area contributed by atoms with Crippen molar-refractivity contribution in [3.05, 3.63) is 65.1 Å². The second-order valence-corrected chi connectivity index (χ2v) is 11.8. The summed E-state index contributed by atoms with van der Waals surface area (Å²) in [6.07, 6.45) is 3.09. The zero-order chi connectivity index (χ0) is 34.4. The third-order valence-electron chi connectivity index (χ3n) is 8.06. The summed E-state index contributed by atoms with van der Waals surface area (Å²) >= 11 is 0. The molecule has 2 aromatic carbocycles. The van der Waals surface area contributed by atoms with Crippen molar-refractivity contribution >= 4 is 30.1 Å². The lowest BCUT2D eigenvalue weighted by Crippen LogP contribution is -2.51. The molecule has 2 aliphatic rings. The smallest absolute Gasteiger partial charge is 0.387 e. The third-order valence-corrected chi connectivity index (χ3v) is 8.06. The summed E-state index contributed by atoms with van der Waals surface area (Å²) < 4.78 is 69.7. The molecule has 2 fully saturated rings. The summed E-state index contributed by atoms with van der Waals surface area (Å²) in [4.78, 5) is 45.7. The lowest BCUT2D eigenvalue weighted by Gasteiger charge is -2.35. The number of benzene rings is 2. The number of nitrogens with two attached hydrogens (primary N) is 1. The SMILES string of the molecule is C[C@H](N)c1oc(-c2ccc(OC(F)F)c(OCCCCC(=O)N3CCN(C(=O)C4CC4)CC3)c2)nc1C(=O)NCc1ccc(F)cc1F.Cl. The van der Waals surface area contributed by atoms with Crippen LogP contribution < -0.4 is 20.5 Å². The van der Waals surface area contributed by atoms with Crippen molar-refractivity contribution in [3.8, 4) is 23.0 Å². The Balaban J connectivity index is 0.00000541. The molecule has 266 valence electrons. The number of nitrogens with one attached hydrogen (secondary N) is 1. The Hall–Kier alpha value is -4.37. The Bertz CT molecular complexity index is 1630. The van der Waals surface area contributed by atoms with Gasteiger partial charge in [0.25, 0.3) is 5.91 Å². The van der Waals surface area contributed by atoms with Crippen LogP contribution in [0.25, 0.3) is 11.5 Å². The van der Waals surface area contributed by atoms with E-state index in [0.29, 0.717) is 45.1 Å². The number of nitrogens with zero attached hydrogens (tertiary/aromatic N) is 3. The van der Waals surface area contributed by atoms with E-state index in [0.717, 1.165) is 18.9 Å². The second-order valence-electron chi connectivity index (χ2n) is 11.8. The van der Waals surface area contributed by atoms with Crippen LogP contribution in [0.2, 0.25) is 0 Å². The summed E-state index contributed by atoms with van der Waals surface area (Å²) in [7, 11) is 0.